The highest BCUT2D eigenvalue weighted by molar-refractivity contribution is 5.74. The first kappa shape index (κ1) is 15.6. The lowest BCUT2D eigenvalue weighted by atomic mass is 9.96. The van der Waals surface area contributed by atoms with Crippen LogP contribution in [0, 0.1) is 12.8 Å². The molecule has 1 saturated heterocycles. The Bertz CT molecular complexity index is 504. The number of likely N-dealkylation sites (tertiary alicyclic amines) is 1. The molecule has 1 aromatic carbocycles. The zero-order valence-electron chi connectivity index (χ0n) is 12.9. The van der Waals surface area contributed by atoms with Crippen molar-refractivity contribution in [1.82, 2.24) is 10.2 Å². The number of aliphatic hydroxyl groups excluding tert-OH is 1. The lowest BCUT2D eigenvalue weighted by Gasteiger charge is -2.34. The van der Waals surface area contributed by atoms with Crippen molar-refractivity contribution in [2.75, 3.05) is 20.2 Å². The molecule has 2 amide bonds. The second-order valence-corrected chi connectivity index (χ2v) is 5.74. The number of ether oxygens (including phenoxy) is 1. The van der Waals surface area contributed by atoms with E-state index in [0.717, 1.165) is 23.3 Å². The number of nitrogens with zero attached hydrogens (tertiary/aromatic N) is 1. The van der Waals surface area contributed by atoms with Gasteiger partial charge in [-0.3, -0.25) is 0 Å². The van der Waals surface area contributed by atoms with Gasteiger partial charge in [0.2, 0.25) is 0 Å². The summed E-state index contributed by atoms with van der Waals surface area (Å²) in [5, 5.41) is 12.7. The fraction of sp³-hybridized carbons (Fsp3) is 0.562. The van der Waals surface area contributed by atoms with Gasteiger partial charge in [0.1, 0.15) is 5.75 Å². The molecule has 0 spiro atoms. The zero-order valence-corrected chi connectivity index (χ0v) is 12.9. The highest BCUT2D eigenvalue weighted by Gasteiger charge is 2.26. The Morgan fingerprint density at radius 1 is 1.52 bits per heavy atom. The minimum absolute atomic E-state index is 0.116. The minimum atomic E-state index is -0.423. The summed E-state index contributed by atoms with van der Waals surface area (Å²) in [7, 11) is 1.65. The highest BCUT2D eigenvalue weighted by atomic mass is 16.5. The number of hydrogen-bond donors (Lipinski definition) is 2. The number of piperidine rings is 1. The summed E-state index contributed by atoms with van der Waals surface area (Å²) in [6.45, 7) is 5.58. The number of carbonyl (C=O) groups excluding carboxylic acids is 1. The molecule has 21 heavy (non-hydrogen) atoms. The van der Waals surface area contributed by atoms with E-state index in [4.69, 9.17) is 4.74 Å². The van der Waals surface area contributed by atoms with Crippen LogP contribution in [-0.4, -0.2) is 42.3 Å². The average molecular weight is 292 g/mol. The van der Waals surface area contributed by atoms with Gasteiger partial charge in [0, 0.05) is 19.6 Å². The Kier molecular flexibility index (Phi) is 5.07. The Morgan fingerprint density at radius 3 is 2.90 bits per heavy atom. The van der Waals surface area contributed by atoms with Crippen molar-refractivity contribution in [3.63, 3.8) is 0 Å². The zero-order chi connectivity index (χ0) is 15.4. The molecular weight excluding hydrogens is 268 g/mol. The molecule has 5 heteroatoms. The maximum atomic E-state index is 12.1. The molecule has 5 nitrogen and oxygen atoms in total. The Balaban J connectivity index is 1.88. The smallest absolute Gasteiger partial charge is 0.317 e. The molecule has 1 heterocycles. The fourth-order valence-electron chi connectivity index (χ4n) is 2.57. The molecule has 1 aliphatic heterocycles. The van der Waals surface area contributed by atoms with E-state index >= 15 is 0 Å². The van der Waals surface area contributed by atoms with Gasteiger partial charge in [0.05, 0.1) is 13.2 Å². The van der Waals surface area contributed by atoms with Gasteiger partial charge in [-0.2, -0.15) is 0 Å². The van der Waals surface area contributed by atoms with Gasteiger partial charge in [0.25, 0.3) is 0 Å². The van der Waals surface area contributed by atoms with Crippen LogP contribution in [0.5, 0.6) is 5.75 Å². The first-order valence-corrected chi connectivity index (χ1v) is 7.35. The molecule has 0 aromatic heterocycles. The predicted molar refractivity (Wildman–Crippen MR) is 81.3 cm³/mol. The first-order valence-electron chi connectivity index (χ1n) is 7.35. The summed E-state index contributed by atoms with van der Waals surface area (Å²) in [5.74, 6) is 1.11. The number of aryl methyl sites for hydroxylation is 1. The van der Waals surface area contributed by atoms with Crippen molar-refractivity contribution in [1.29, 1.82) is 0 Å². The van der Waals surface area contributed by atoms with Crippen molar-refractivity contribution in [2.24, 2.45) is 5.92 Å². The lowest BCUT2D eigenvalue weighted by Crippen LogP contribution is -2.49. The van der Waals surface area contributed by atoms with Crippen LogP contribution < -0.4 is 10.1 Å². The van der Waals surface area contributed by atoms with Crippen LogP contribution >= 0.6 is 0 Å². The van der Waals surface area contributed by atoms with Crippen molar-refractivity contribution >= 4 is 6.03 Å². The van der Waals surface area contributed by atoms with Crippen LogP contribution in [0.3, 0.4) is 0 Å². The summed E-state index contributed by atoms with van der Waals surface area (Å²) in [6, 6.07) is 5.74. The van der Waals surface area contributed by atoms with Gasteiger partial charge in [-0.15, -0.1) is 0 Å². The van der Waals surface area contributed by atoms with E-state index < -0.39 is 6.10 Å². The standard InChI is InChI=1S/C16H24N2O3/c1-11-6-7-18(10-14(11)19)16(20)17-9-13-4-5-15(21-3)12(2)8-13/h4-5,8,11,14,19H,6-7,9-10H2,1-3H3,(H,17,20). The Morgan fingerprint density at radius 2 is 2.29 bits per heavy atom. The van der Waals surface area contributed by atoms with Crippen LogP contribution in [0.15, 0.2) is 18.2 Å². The van der Waals surface area contributed by atoms with Gasteiger partial charge in [0.15, 0.2) is 0 Å². The number of nitrogens with one attached hydrogen (secondary N) is 1. The fourth-order valence-corrected chi connectivity index (χ4v) is 2.57. The Hall–Kier alpha value is -1.75. The topological polar surface area (TPSA) is 61.8 Å². The predicted octanol–water partition coefficient (Wildman–Crippen LogP) is 1.92. The van der Waals surface area contributed by atoms with E-state index in [2.05, 4.69) is 5.32 Å². The second kappa shape index (κ2) is 6.80. The molecule has 0 radical (unpaired) electrons. The molecule has 2 N–H and O–H groups in total. The monoisotopic (exact) mass is 292 g/mol. The number of hydrogen-bond acceptors (Lipinski definition) is 3. The lowest BCUT2D eigenvalue weighted by molar-refractivity contribution is 0.0435. The normalized spacial score (nSPS) is 22.0. The van der Waals surface area contributed by atoms with Gasteiger partial charge >= 0.3 is 6.03 Å². The van der Waals surface area contributed by atoms with Crippen LogP contribution in [0.1, 0.15) is 24.5 Å². The van der Waals surface area contributed by atoms with E-state index in [1.54, 1.807) is 12.0 Å². The maximum Gasteiger partial charge on any atom is 0.317 e. The minimum Gasteiger partial charge on any atom is -0.496 e. The summed E-state index contributed by atoms with van der Waals surface area (Å²) < 4.78 is 5.22. The highest BCUT2D eigenvalue weighted by Crippen LogP contribution is 2.19. The van der Waals surface area contributed by atoms with Crippen LogP contribution in [0.2, 0.25) is 0 Å². The third-order valence-electron chi connectivity index (χ3n) is 4.11. The molecule has 116 valence electrons. The molecular formula is C16H24N2O3. The van der Waals surface area contributed by atoms with Gasteiger partial charge in [-0.25, -0.2) is 4.79 Å². The second-order valence-electron chi connectivity index (χ2n) is 5.74. The van der Waals surface area contributed by atoms with Crippen LogP contribution in [0.4, 0.5) is 4.79 Å². The molecule has 2 rings (SSSR count). The number of methoxy groups -OCH3 is 1. The third-order valence-corrected chi connectivity index (χ3v) is 4.11. The summed E-state index contributed by atoms with van der Waals surface area (Å²) >= 11 is 0. The number of rotatable bonds is 3. The van der Waals surface area contributed by atoms with E-state index in [-0.39, 0.29) is 11.9 Å². The first-order chi connectivity index (χ1) is 10.0. The van der Waals surface area contributed by atoms with E-state index in [1.165, 1.54) is 0 Å². The molecule has 1 aromatic rings. The number of urea groups is 1. The summed E-state index contributed by atoms with van der Waals surface area (Å²) in [4.78, 5) is 13.8. The largest absolute Gasteiger partial charge is 0.496 e. The van der Waals surface area contributed by atoms with E-state index in [1.807, 2.05) is 32.0 Å². The Labute approximate surface area is 125 Å². The molecule has 0 aliphatic carbocycles. The van der Waals surface area contributed by atoms with Crippen LogP contribution in [-0.2, 0) is 6.54 Å². The van der Waals surface area contributed by atoms with Crippen molar-refractivity contribution < 1.29 is 14.6 Å². The molecule has 1 fully saturated rings. The summed E-state index contributed by atoms with van der Waals surface area (Å²) in [6.07, 6.45) is 0.420. The average Bonchev–Trinajstić information content (AvgIpc) is 2.47. The number of aliphatic hydroxyl groups is 1. The molecule has 0 saturated carbocycles. The molecule has 0 bridgehead atoms. The van der Waals surface area contributed by atoms with Crippen molar-refractivity contribution in [2.45, 2.75) is 32.9 Å². The molecule has 2 atom stereocenters. The van der Waals surface area contributed by atoms with Crippen molar-refractivity contribution in [3.8, 4) is 5.75 Å². The number of benzene rings is 1. The van der Waals surface area contributed by atoms with E-state index in [9.17, 15) is 9.90 Å². The van der Waals surface area contributed by atoms with Crippen molar-refractivity contribution in [3.05, 3.63) is 29.3 Å². The third kappa shape index (κ3) is 3.88. The van der Waals surface area contributed by atoms with Gasteiger partial charge in [-0.1, -0.05) is 19.1 Å². The quantitative estimate of drug-likeness (QED) is 0.894. The van der Waals surface area contributed by atoms with Gasteiger partial charge in [-0.05, 0) is 36.5 Å². The number of β-amino-alcohol motifs (C(OH)–C–C–N with tert-alkyl or cyclic N) is 1. The summed E-state index contributed by atoms with van der Waals surface area (Å²) in [5.41, 5.74) is 2.08. The van der Waals surface area contributed by atoms with Crippen LogP contribution in [0.25, 0.3) is 0 Å². The van der Waals surface area contributed by atoms with E-state index in [0.29, 0.717) is 19.6 Å². The van der Waals surface area contributed by atoms with Gasteiger partial charge < -0.3 is 20.1 Å². The number of carbonyl (C=O) groups is 1. The SMILES string of the molecule is COc1ccc(CNC(=O)N2CCC(C)C(O)C2)cc1C. The maximum absolute atomic E-state index is 12.1. The number of amides is 2. The molecule has 1 aliphatic rings. The molecule has 2 unspecified atom stereocenters.